The first-order chi connectivity index (χ1) is 15.9. The molecule has 0 fully saturated rings. The van der Waals surface area contributed by atoms with Gasteiger partial charge in [0.1, 0.15) is 6.61 Å². The van der Waals surface area contributed by atoms with E-state index in [4.69, 9.17) is 37.4 Å². The van der Waals surface area contributed by atoms with Gasteiger partial charge < -0.3 is 14.2 Å². The summed E-state index contributed by atoms with van der Waals surface area (Å²) in [6.07, 6.45) is 1.61. The largest absolute Gasteiger partial charge is 0.493 e. The summed E-state index contributed by atoms with van der Waals surface area (Å²) in [5.41, 5.74) is 2.36. The van der Waals surface area contributed by atoms with Crippen LogP contribution in [0.4, 0.5) is 0 Å². The molecule has 9 heteroatoms. The van der Waals surface area contributed by atoms with Gasteiger partial charge in [0.2, 0.25) is 5.90 Å². The second-order valence-corrected chi connectivity index (χ2v) is 9.73. The molecule has 0 aromatic heterocycles. The highest BCUT2D eigenvalue weighted by atomic mass is 127. The van der Waals surface area contributed by atoms with Crippen LogP contribution in [0, 0.1) is 3.57 Å². The van der Waals surface area contributed by atoms with E-state index in [0.29, 0.717) is 43.8 Å². The molecule has 4 rings (SSSR count). The van der Waals surface area contributed by atoms with Gasteiger partial charge in [-0.3, -0.25) is 0 Å². The fraction of sp³-hybridized carbons (Fsp3) is 0.0833. The summed E-state index contributed by atoms with van der Waals surface area (Å²) >= 11 is 18.0. The first-order valence-corrected chi connectivity index (χ1v) is 12.2. The highest BCUT2D eigenvalue weighted by molar-refractivity contribution is 14.1. The lowest BCUT2D eigenvalue weighted by molar-refractivity contribution is -0.129. The first kappa shape index (κ1) is 24.1. The van der Waals surface area contributed by atoms with Gasteiger partial charge in [-0.05, 0) is 86.6 Å². The van der Waals surface area contributed by atoms with Crippen molar-refractivity contribution < 1.29 is 19.0 Å². The molecular weight excluding hydrogens is 644 g/mol. The minimum Gasteiger partial charge on any atom is -0.493 e. The van der Waals surface area contributed by atoms with Gasteiger partial charge in [0.15, 0.2) is 17.2 Å². The highest BCUT2D eigenvalue weighted by Gasteiger charge is 2.26. The first-order valence-electron chi connectivity index (χ1n) is 9.57. The van der Waals surface area contributed by atoms with Crippen LogP contribution >= 0.6 is 61.7 Å². The van der Waals surface area contributed by atoms with E-state index in [1.165, 1.54) is 0 Å². The lowest BCUT2D eigenvalue weighted by Crippen LogP contribution is -2.06. The van der Waals surface area contributed by atoms with Gasteiger partial charge in [-0.2, -0.15) is 0 Å². The summed E-state index contributed by atoms with van der Waals surface area (Å²) < 4.78 is 18.7. The molecular formula is C24H15BrCl2INO4. The summed E-state index contributed by atoms with van der Waals surface area (Å²) in [4.78, 5) is 16.7. The maximum Gasteiger partial charge on any atom is 0.363 e. The number of methoxy groups -OCH3 is 1. The van der Waals surface area contributed by atoms with E-state index in [-0.39, 0.29) is 11.6 Å². The van der Waals surface area contributed by atoms with E-state index in [2.05, 4.69) is 43.5 Å². The number of rotatable bonds is 6. The second kappa shape index (κ2) is 10.5. The minimum absolute atomic E-state index is 0.122. The van der Waals surface area contributed by atoms with Crippen LogP contribution < -0.4 is 9.47 Å². The molecule has 0 amide bonds. The molecule has 0 spiro atoms. The van der Waals surface area contributed by atoms with Crippen LogP contribution in [0.15, 0.2) is 69.8 Å². The number of hydrogen-bond donors (Lipinski definition) is 0. The molecule has 0 radical (unpaired) electrons. The van der Waals surface area contributed by atoms with Gasteiger partial charge in [-0.15, -0.1) is 0 Å². The number of carbonyl (C=O) groups is 1. The Morgan fingerprint density at radius 3 is 2.67 bits per heavy atom. The number of ether oxygens (including phenoxy) is 3. The Morgan fingerprint density at radius 1 is 1.15 bits per heavy atom. The molecule has 33 heavy (non-hydrogen) atoms. The Morgan fingerprint density at radius 2 is 1.94 bits per heavy atom. The fourth-order valence-electron chi connectivity index (χ4n) is 3.07. The Labute approximate surface area is 222 Å². The zero-order valence-corrected chi connectivity index (χ0v) is 22.3. The van der Waals surface area contributed by atoms with E-state index < -0.39 is 5.97 Å². The van der Waals surface area contributed by atoms with Gasteiger partial charge in [0, 0.05) is 14.2 Å². The average Bonchev–Trinajstić information content (AvgIpc) is 3.13. The lowest BCUT2D eigenvalue weighted by atomic mass is 10.1. The number of cyclic esters (lactones) is 1. The van der Waals surface area contributed by atoms with Crippen molar-refractivity contribution in [3.8, 4) is 11.5 Å². The molecule has 3 aromatic carbocycles. The molecule has 1 aliphatic rings. The predicted molar refractivity (Wildman–Crippen MR) is 141 cm³/mol. The van der Waals surface area contributed by atoms with E-state index in [0.717, 1.165) is 9.13 Å². The summed E-state index contributed by atoms with van der Waals surface area (Å²) in [7, 11) is 1.56. The summed E-state index contributed by atoms with van der Waals surface area (Å²) in [6.45, 7) is 0.385. The number of nitrogens with zero attached hydrogens (tertiary/aromatic N) is 1. The number of aliphatic imine (C=N–C) groups is 1. The fourth-order valence-corrected chi connectivity index (χ4v) is 4.68. The van der Waals surface area contributed by atoms with Crippen molar-refractivity contribution in [2.24, 2.45) is 4.99 Å². The smallest absolute Gasteiger partial charge is 0.363 e. The molecule has 1 aliphatic heterocycles. The predicted octanol–water partition coefficient (Wildman–Crippen LogP) is 7.29. The molecule has 0 N–H and O–H groups in total. The monoisotopic (exact) mass is 657 g/mol. The lowest BCUT2D eigenvalue weighted by Gasteiger charge is -2.14. The van der Waals surface area contributed by atoms with Crippen molar-refractivity contribution in [2.45, 2.75) is 6.61 Å². The Bertz CT molecular complexity index is 1310. The van der Waals surface area contributed by atoms with Crippen molar-refractivity contribution in [3.63, 3.8) is 0 Å². The standard InChI is InChI=1S/C24H15BrCl2INO4/c1-31-21-10-13(8-17(25)22(21)32-12-14-4-2-3-5-19(14)28)9-20-24(30)33-23(29-20)16-7-6-15(26)11-18(16)27/h2-11H,12H2,1H3/b20-9-. The third kappa shape index (κ3) is 5.54. The molecule has 0 unspecified atom stereocenters. The van der Waals surface area contributed by atoms with Crippen LogP contribution in [0.3, 0.4) is 0 Å². The maximum absolute atomic E-state index is 12.4. The Hall–Kier alpha value is -2.07. The van der Waals surface area contributed by atoms with Crippen molar-refractivity contribution in [1.82, 2.24) is 0 Å². The summed E-state index contributed by atoms with van der Waals surface area (Å²) in [5.74, 6) is 0.616. The third-order valence-electron chi connectivity index (χ3n) is 4.67. The van der Waals surface area contributed by atoms with Crippen LogP contribution in [-0.2, 0) is 16.1 Å². The van der Waals surface area contributed by atoms with E-state index in [1.807, 2.05) is 30.3 Å². The van der Waals surface area contributed by atoms with Crippen molar-refractivity contribution in [3.05, 3.63) is 95.1 Å². The summed E-state index contributed by atoms with van der Waals surface area (Å²) in [5, 5.41) is 0.819. The number of halogens is 4. The zero-order valence-electron chi connectivity index (χ0n) is 17.1. The molecule has 0 bridgehead atoms. The van der Waals surface area contributed by atoms with Crippen molar-refractivity contribution in [1.29, 1.82) is 0 Å². The molecule has 0 aliphatic carbocycles. The SMILES string of the molecule is COc1cc(/C=C2\N=C(c3ccc(Cl)cc3Cl)OC2=O)cc(Br)c1OCc1ccccc1I. The number of esters is 1. The number of carbonyl (C=O) groups excluding carboxylic acids is 1. The molecule has 0 saturated carbocycles. The molecule has 0 saturated heterocycles. The topological polar surface area (TPSA) is 57.1 Å². The number of benzene rings is 3. The Kier molecular flexibility index (Phi) is 7.63. The van der Waals surface area contributed by atoms with Crippen molar-refractivity contribution in [2.75, 3.05) is 7.11 Å². The quantitative estimate of drug-likeness (QED) is 0.159. The van der Waals surface area contributed by atoms with Gasteiger partial charge >= 0.3 is 5.97 Å². The second-order valence-electron chi connectivity index (χ2n) is 6.87. The highest BCUT2D eigenvalue weighted by Crippen LogP contribution is 2.38. The van der Waals surface area contributed by atoms with Gasteiger partial charge in [0.05, 0.1) is 22.2 Å². The van der Waals surface area contributed by atoms with Crippen LogP contribution in [0.1, 0.15) is 16.7 Å². The van der Waals surface area contributed by atoms with E-state index >= 15 is 0 Å². The van der Waals surface area contributed by atoms with Gasteiger partial charge in [-0.1, -0.05) is 41.4 Å². The molecule has 1 heterocycles. The molecule has 168 valence electrons. The third-order valence-corrected chi connectivity index (χ3v) is 6.86. The van der Waals surface area contributed by atoms with Crippen LogP contribution in [0.25, 0.3) is 6.08 Å². The average molecular weight is 659 g/mol. The van der Waals surface area contributed by atoms with Gasteiger partial charge in [-0.25, -0.2) is 9.79 Å². The normalized spacial score (nSPS) is 14.3. The molecule has 0 atom stereocenters. The number of hydrogen-bond acceptors (Lipinski definition) is 5. The van der Waals surface area contributed by atoms with E-state index in [9.17, 15) is 4.79 Å². The van der Waals surface area contributed by atoms with Gasteiger partial charge in [0.25, 0.3) is 0 Å². The maximum atomic E-state index is 12.4. The van der Waals surface area contributed by atoms with Crippen molar-refractivity contribution >= 4 is 79.7 Å². The van der Waals surface area contributed by atoms with Crippen LogP contribution in [0.2, 0.25) is 10.0 Å². The molecule has 5 nitrogen and oxygen atoms in total. The summed E-state index contributed by atoms with van der Waals surface area (Å²) in [6, 6.07) is 16.4. The zero-order chi connectivity index (χ0) is 23.5. The van der Waals surface area contributed by atoms with Crippen LogP contribution in [-0.4, -0.2) is 19.0 Å². The molecule has 3 aromatic rings. The van der Waals surface area contributed by atoms with E-state index in [1.54, 1.807) is 37.5 Å². The Balaban J connectivity index is 1.61. The minimum atomic E-state index is -0.579. The van der Waals surface area contributed by atoms with Crippen LogP contribution in [0.5, 0.6) is 11.5 Å².